The van der Waals surface area contributed by atoms with Crippen LogP contribution in [0.1, 0.15) is 46.5 Å². The molecule has 0 saturated heterocycles. The normalized spacial score (nSPS) is 10.6. The van der Waals surface area contributed by atoms with Gasteiger partial charge in [-0.15, -0.1) is 0 Å². The zero-order valence-corrected chi connectivity index (χ0v) is 20.5. The number of anilines is 1. The number of hydrogen-bond donors (Lipinski definition) is 1. The summed E-state index contributed by atoms with van der Waals surface area (Å²) in [5, 5.41) is 0. The lowest BCUT2D eigenvalue weighted by Crippen LogP contribution is -2.43. The first-order valence-electron chi connectivity index (χ1n) is 11.5. The van der Waals surface area contributed by atoms with Crippen LogP contribution >= 0.6 is 0 Å². The maximum Gasteiger partial charge on any atom is 0.338 e. The number of carbonyl (C=O) groups is 2. The molecular weight excluding hydrogens is 466 g/mol. The molecule has 0 bridgehead atoms. The van der Waals surface area contributed by atoms with Gasteiger partial charge in [-0.3, -0.25) is 18.7 Å². The van der Waals surface area contributed by atoms with E-state index >= 15 is 0 Å². The number of ketones is 1. The van der Waals surface area contributed by atoms with Gasteiger partial charge in [0.2, 0.25) is 5.78 Å². The van der Waals surface area contributed by atoms with Crippen molar-refractivity contribution in [3.05, 3.63) is 86.1 Å². The van der Waals surface area contributed by atoms with Crippen molar-refractivity contribution in [3.8, 4) is 11.5 Å². The quantitative estimate of drug-likeness (QED) is 0.317. The summed E-state index contributed by atoms with van der Waals surface area (Å²) >= 11 is 0. The number of nitrogen functional groups attached to an aromatic ring is 1. The SMILES string of the molecule is CCCOc1ccc(C(=O)OCC(=O)c2c(N)n(Cc3ccccc3)c(=O)n(C)c2=O)cc1OCC. The minimum absolute atomic E-state index is 0.0619. The van der Waals surface area contributed by atoms with Gasteiger partial charge < -0.3 is 19.9 Å². The number of rotatable bonds is 11. The summed E-state index contributed by atoms with van der Waals surface area (Å²) in [7, 11) is 1.26. The summed E-state index contributed by atoms with van der Waals surface area (Å²) in [5.41, 5.74) is 5.04. The van der Waals surface area contributed by atoms with E-state index in [2.05, 4.69) is 0 Å². The number of Topliss-reactive ketones (excluding diaryl/α,β-unsaturated/α-hetero) is 1. The van der Waals surface area contributed by atoms with Crippen LogP contribution in [0, 0.1) is 0 Å². The second-order valence-electron chi connectivity index (χ2n) is 7.92. The van der Waals surface area contributed by atoms with Crippen LogP contribution in [0.25, 0.3) is 0 Å². The topological polar surface area (TPSA) is 132 Å². The van der Waals surface area contributed by atoms with Crippen LogP contribution in [0.5, 0.6) is 11.5 Å². The Morgan fingerprint density at radius 3 is 2.36 bits per heavy atom. The smallest absolute Gasteiger partial charge is 0.338 e. The fourth-order valence-corrected chi connectivity index (χ4v) is 3.49. The average Bonchev–Trinajstić information content (AvgIpc) is 2.88. The molecule has 0 unspecified atom stereocenters. The highest BCUT2D eigenvalue weighted by Gasteiger charge is 2.23. The standard InChI is InChI=1S/C26H29N3O7/c1-4-13-35-20-12-11-18(14-21(20)34-5-2)25(32)36-16-19(30)22-23(27)29(26(33)28(3)24(22)31)15-17-9-7-6-8-10-17/h6-12,14H,4-5,13,15-16,27H2,1-3H3. The Labute approximate surface area is 207 Å². The molecule has 36 heavy (non-hydrogen) atoms. The summed E-state index contributed by atoms with van der Waals surface area (Å²) in [4.78, 5) is 50.9. The van der Waals surface area contributed by atoms with Crippen molar-refractivity contribution in [2.45, 2.75) is 26.8 Å². The van der Waals surface area contributed by atoms with Gasteiger partial charge in [0.25, 0.3) is 5.56 Å². The van der Waals surface area contributed by atoms with Gasteiger partial charge in [-0.1, -0.05) is 37.3 Å². The molecule has 190 valence electrons. The summed E-state index contributed by atoms with van der Waals surface area (Å²) in [6.07, 6.45) is 0.804. The van der Waals surface area contributed by atoms with E-state index in [9.17, 15) is 19.2 Å². The Morgan fingerprint density at radius 2 is 1.69 bits per heavy atom. The molecule has 1 heterocycles. The van der Waals surface area contributed by atoms with E-state index in [-0.39, 0.29) is 17.9 Å². The van der Waals surface area contributed by atoms with E-state index in [1.54, 1.807) is 37.3 Å². The van der Waals surface area contributed by atoms with Crippen molar-refractivity contribution in [1.29, 1.82) is 0 Å². The second kappa shape index (κ2) is 11.9. The summed E-state index contributed by atoms with van der Waals surface area (Å²) in [6.45, 7) is 3.94. The number of aromatic nitrogens is 2. The molecule has 3 rings (SSSR count). The van der Waals surface area contributed by atoms with Gasteiger partial charge in [-0.05, 0) is 37.1 Å². The van der Waals surface area contributed by atoms with E-state index in [4.69, 9.17) is 19.9 Å². The largest absolute Gasteiger partial charge is 0.490 e. The van der Waals surface area contributed by atoms with E-state index in [0.29, 0.717) is 24.7 Å². The number of nitrogens with zero attached hydrogens (tertiary/aromatic N) is 2. The molecule has 0 aliphatic heterocycles. The van der Waals surface area contributed by atoms with Gasteiger partial charge >= 0.3 is 11.7 Å². The lowest BCUT2D eigenvalue weighted by molar-refractivity contribution is 0.0473. The van der Waals surface area contributed by atoms with Gasteiger partial charge in [0.05, 0.1) is 25.3 Å². The Kier molecular flexibility index (Phi) is 8.66. The number of ether oxygens (including phenoxy) is 3. The molecule has 2 N–H and O–H groups in total. The van der Waals surface area contributed by atoms with Gasteiger partial charge in [0.15, 0.2) is 18.1 Å². The summed E-state index contributed by atoms with van der Waals surface area (Å²) < 4.78 is 18.3. The lowest BCUT2D eigenvalue weighted by Gasteiger charge is -2.15. The maximum atomic E-state index is 12.9. The predicted molar refractivity (Wildman–Crippen MR) is 134 cm³/mol. The minimum atomic E-state index is -0.862. The van der Waals surface area contributed by atoms with Gasteiger partial charge in [0.1, 0.15) is 11.4 Å². The third-order valence-electron chi connectivity index (χ3n) is 5.32. The highest BCUT2D eigenvalue weighted by atomic mass is 16.5. The molecule has 0 amide bonds. The van der Waals surface area contributed by atoms with Crippen LogP contribution < -0.4 is 26.5 Å². The number of carbonyl (C=O) groups excluding carboxylic acids is 2. The van der Waals surface area contributed by atoms with Crippen LogP contribution in [0.15, 0.2) is 58.1 Å². The molecule has 0 fully saturated rings. The fourth-order valence-electron chi connectivity index (χ4n) is 3.49. The average molecular weight is 496 g/mol. The zero-order chi connectivity index (χ0) is 26.2. The third-order valence-corrected chi connectivity index (χ3v) is 5.32. The number of benzene rings is 2. The molecule has 0 aliphatic carbocycles. The molecule has 3 aromatic rings. The Bertz CT molecular complexity index is 1360. The van der Waals surface area contributed by atoms with Crippen molar-refractivity contribution >= 4 is 17.6 Å². The minimum Gasteiger partial charge on any atom is -0.490 e. The predicted octanol–water partition coefficient (Wildman–Crippen LogP) is 2.40. The van der Waals surface area contributed by atoms with Gasteiger partial charge in [-0.2, -0.15) is 0 Å². The molecule has 0 spiro atoms. The van der Waals surface area contributed by atoms with Crippen molar-refractivity contribution in [3.63, 3.8) is 0 Å². The molecule has 10 heteroatoms. The van der Waals surface area contributed by atoms with Crippen LogP contribution in [-0.2, 0) is 18.3 Å². The highest BCUT2D eigenvalue weighted by Crippen LogP contribution is 2.29. The molecule has 0 aliphatic rings. The van der Waals surface area contributed by atoms with Crippen LogP contribution in [0.3, 0.4) is 0 Å². The molecule has 2 aromatic carbocycles. The molecule has 1 aromatic heterocycles. The van der Waals surface area contributed by atoms with Gasteiger partial charge in [-0.25, -0.2) is 9.59 Å². The first-order chi connectivity index (χ1) is 17.3. The lowest BCUT2D eigenvalue weighted by atomic mass is 10.1. The molecule has 0 radical (unpaired) electrons. The Morgan fingerprint density at radius 1 is 0.972 bits per heavy atom. The Hall–Kier alpha value is -4.34. The summed E-state index contributed by atoms with van der Waals surface area (Å²) in [5.74, 6) is -1.04. The van der Waals surface area contributed by atoms with Crippen LogP contribution in [0.2, 0.25) is 0 Å². The maximum absolute atomic E-state index is 12.9. The van der Waals surface area contributed by atoms with E-state index in [1.807, 2.05) is 13.0 Å². The molecule has 0 saturated carbocycles. The zero-order valence-electron chi connectivity index (χ0n) is 20.5. The van der Waals surface area contributed by atoms with Crippen molar-refractivity contribution < 1.29 is 23.8 Å². The van der Waals surface area contributed by atoms with E-state index < -0.39 is 35.2 Å². The number of esters is 1. The highest BCUT2D eigenvalue weighted by molar-refractivity contribution is 6.02. The van der Waals surface area contributed by atoms with E-state index in [0.717, 1.165) is 21.1 Å². The fraction of sp³-hybridized carbons (Fsp3) is 0.308. The first-order valence-corrected chi connectivity index (χ1v) is 11.5. The molecular formula is C26H29N3O7. The van der Waals surface area contributed by atoms with Crippen molar-refractivity contribution in [2.24, 2.45) is 7.05 Å². The van der Waals surface area contributed by atoms with Crippen molar-refractivity contribution in [1.82, 2.24) is 9.13 Å². The van der Waals surface area contributed by atoms with Crippen LogP contribution in [0.4, 0.5) is 5.82 Å². The number of nitrogens with two attached hydrogens (primary N) is 1. The Balaban J connectivity index is 1.82. The second-order valence-corrected chi connectivity index (χ2v) is 7.92. The monoisotopic (exact) mass is 495 g/mol. The first kappa shape index (κ1) is 26.3. The van der Waals surface area contributed by atoms with Crippen molar-refractivity contribution in [2.75, 3.05) is 25.6 Å². The van der Waals surface area contributed by atoms with Gasteiger partial charge in [0, 0.05) is 7.05 Å². The molecule has 10 nitrogen and oxygen atoms in total. The molecule has 0 atom stereocenters. The number of hydrogen-bond acceptors (Lipinski definition) is 8. The van der Waals surface area contributed by atoms with Crippen LogP contribution in [-0.4, -0.2) is 40.7 Å². The van der Waals surface area contributed by atoms with E-state index in [1.165, 1.54) is 19.2 Å². The summed E-state index contributed by atoms with van der Waals surface area (Å²) in [6, 6.07) is 13.5. The third kappa shape index (κ3) is 5.83.